The van der Waals surface area contributed by atoms with Crippen LogP contribution in [0.2, 0.25) is 0 Å². The molecule has 1 saturated heterocycles. The van der Waals surface area contributed by atoms with Gasteiger partial charge in [-0.3, -0.25) is 0 Å². The normalized spacial score (nSPS) is 20.5. The van der Waals surface area contributed by atoms with E-state index in [2.05, 4.69) is 11.6 Å². The Kier molecular flexibility index (Phi) is 9.97. The van der Waals surface area contributed by atoms with Gasteiger partial charge in [-0.05, 0) is 41.0 Å². The maximum atomic E-state index is 12.6. The van der Waals surface area contributed by atoms with Gasteiger partial charge in [0.1, 0.15) is 0 Å². The van der Waals surface area contributed by atoms with E-state index < -0.39 is 22.3 Å². The molecule has 0 saturated carbocycles. The lowest BCUT2D eigenvalue weighted by molar-refractivity contribution is -0.268. The minimum absolute atomic E-state index is 0.0524. The van der Waals surface area contributed by atoms with Crippen LogP contribution in [-0.4, -0.2) is 36.5 Å². The summed E-state index contributed by atoms with van der Waals surface area (Å²) >= 11 is 1.44. The molecule has 5 rings (SSSR count). The van der Waals surface area contributed by atoms with Gasteiger partial charge >= 0.3 is 5.97 Å². The molecule has 0 spiro atoms. The van der Waals surface area contributed by atoms with E-state index >= 15 is 0 Å². The summed E-state index contributed by atoms with van der Waals surface area (Å²) in [6.45, 7) is 2.13. The first-order chi connectivity index (χ1) is 20.7. The van der Waals surface area contributed by atoms with E-state index in [0.717, 1.165) is 22.3 Å². The van der Waals surface area contributed by atoms with Gasteiger partial charge < -0.3 is 19.7 Å². The fraction of sp³-hybridized carbons (Fsp3) is 0.242. The standard InChI is InChI=1S/C33H33NO7S2/c1-22-29(21-42-30-10-6-5-9-28(30)32(36)37)40-33(41-31(22)25-15-13-24(20-35)14-16-25)26-17-11-23(12-18-26)19-34-43(38,39)27-7-3-2-4-8-27/h2-18,22,29,31,33-35H,19-21H2,1H3,(H,36,37)/t22-,29+,31+,33+/m0/s1. The molecule has 224 valence electrons. The van der Waals surface area contributed by atoms with Gasteiger partial charge in [0.25, 0.3) is 0 Å². The van der Waals surface area contributed by atoms with Gasteiger partial charge in [-0.15, -0.1) is 11.8 Å². The second kappa shape index (κ2) is 13.9. The Labute approximate surface area is 255 Å². The summed E-state index contributed by atoms with van der Waals surface area (Å²) in [6, 6.07) is 30.2. The molecule has 1 aliphatic heterocycles. The summed E-state index contributed by atoms with van der Waals surface area (Å²) in [4.78, 5) is 12.6. The van der Waals surface area contributed by atoms with Gasteiger partial charge in [0.15, 0.2) is 6.29 Å². The lowest BCUT2D eigenvalue weighted by Crippen LogP contribution is -2.38. The van der Waals surface area contributed by atoms with E-state index in [9.17, 15) is 23.4 Å². The number of nitrogens with one attached hydrogen (secondary N) is 1. The number of aliphatic hydroxyl groups excluding tert-OH is 1. The number of benzene rings is 4. The van der Waals surface area contributed by atoms with Crippen molar-refractivity contribution in [3.8, 4) is 0 Å². The molecular formula is C33H33NO7S2. The summed E-state index contributed by atoms with van der Waals surface area (Å²) < 4.78 is 40.8. The van der Waals surface area contributed by atoms with Crippen LogP contribution in [-0.2, 0) is 32.6 Å². The average Bonchev–Trinajstić information content (AvgIpc) is 3.04. The average molecular weight is 620 g/mol. The highest BCUT2D eigenvalue weighted by Gasteiger charge is 2.38. The minimum atomic E-state index is -3.64. The molecule has 1 heterocycles. The molecule has 0 aliphatic carbocycles. The van der Waals surface area contributed by atoms with Crippen LogP contribution in [0.3, 0.4) is 0 Å². The quantitative estimate of drug-likeness (QED) is 0.176. The number of rotatable bonds is 11. The molecule has 43 heavy (non-hydrogen) atoms. The van der Waals surface area contributed by atoms with Gasteiger partial charge in [-0.1, -0.05) is 85.8 Å². The van der Waals surface area contributed by atoms with E-state index in [4.69, 9.17) is 9.47 Å². The number of carbonyl (C=O) groups is 1. The smallest absolute Gasteiger partial charge is 0.336 e. The SMILES string of the molecule is C[C@H]1[C@@H](CSc2ccccc2C(=O)O)O[C@@H](c2ccc(CNS(=O)(=O)c3ccccc3)cc2)O[C@H]1c1ccc(CO)cc1. The molecule has 0 unspecified atom stereocenters. The summed E-state index contributed by atoms with van der Waals surface area (Å²) in [6.07, 6.45) is -1.29. The monoisotopic (exact) mass is 619 g/mol. The first-order valence-electron chi connectivity index (χ1n) is 13.8. The van der Waals surface area contributed by atoms with Crippen molar-refractivity contribution in [2.24, 2.45) is 5.92 Å². The molecule has 4 aromatic rings. The molecule has 4 aromatic carbocycles. The van der Waals surface area contributed by atoms with Crippen molar-refractivity contribution in [1.82, 2.24) is 4.72 Å². The third-order valence-corrected chi connectivity index (χ3v) is 10.00. The molecule has 1 aliphatic rings. The number of aliphatic hydroxyl groups is 1. The van der Waals surface area contributed by atoms with Crippen LogP contribution in [0, 0.1) is 5.92 Å². The maximum Gasteiger partial charge on any atom is 0.336 e. The third-order valence-electron chi connectivity index (χ3n) is 7.42. The Morgan fingerprint density at radius 1 is 0.837 bits per heavy atom. The molecule has 8 nitrogen and oxygen atoms in total. The Hall–Kier alpha value is -3.51. The Bertz CT molecular complexity index is 1630. The lowest BCUT2D eigenvalue weighted by atomic mass is 9.91. The number of aromatic carboxylic acids is 1. The topological polar surface area (TPSA) is 122 Å². The van der Waals surface area contributed by atoms with Crippen molar-refractivity contribution in [2.75, 3.05) is 5.75 Å². The van der Waals surface area contributed by atoms with Crippen LogP contribution < -0.4 is 4.72 Å². The van der Waals surface area contributed by atoms with Crippen LogP contribution in [0.15, 0.2) is 113 Å². The van der Waals surface area contributed by atoms with E-state index in [-0.39, 0.29) is 41.7 Å². The zero-order valence-electron chi connectivity index (χ0n) is 23.5. The van der Waals surface area contributed by atoms with E-state index in [1.165, 1.54) is 11.8 Å². The summed E-state index contributed by atoms with van der Waals surface area (Å²) in [5.74, 6) is -0.530. The maximum absolute atomic E-state index is 12.6. The lowest BCUT2D eigenvalue weighted by Gasteiger charge is -2.41. The van der Waals surface area contributed by atoms with Gasteiger partial charge in [-0.25, -0.2) is 17.9 Å². The Balaban J connectivity index is 1.34. The van der Waals surface area contributed by atoms with E-state index in [0.29, 0.717) is 10.6 Å². The van der Waals surface area contributed by atoms with Crippen molar-refractivity contribution in [1.29, 1.82) is 0 Å². The zero-order chi connectivity index (χ0) is 30.4. The van der Waals surface area contributed by atoms with Gasteiger partial charge in [-0.2, -0.15) is 0 Å². The van der Waals surface area contributed by atoms with Gasteiger partial charge in [0, 0.05) is 28.7 Å². The number of hydrogen-bond acceptors (Lipinski definition) is 7. The molecule has 0 bridgehead atoms. The first kappa shape index (κ1) is 30.9. The van der Waals surface area contributed by atoms with Crippen molar-refractivity contribution < 1.29 is 32.9 Å². The van der Waals surface area contributed by atoms with Crippen LogP contribution in [0.5, 0.6) is 0 Å². The second-order valence-electron chi connectivity index (χ2n) is 10.3. The van der Waals surface area contributed by atoms with Crippen LogP contribution in [0.25, 0.3) is 0 Å². The highest BCUT2D eigenvalue weighted by Crippen LogP contribution is 2.43. The summed E-state index contributed by atoms with van der Waals surface area (Å²) in [7, 11) is -3.64. The van der Waals surface area contributed by atoms with Crippen molar-refractivity contribution in [3.63, 3.8) is 0 Å². The number of ether oxygens (including phenoxy) is 2. The Morgan fingerprint density at radius 2 is 1.47 bits per heavy atom. The van der Waals surface area contributed by atoms with E-state index in [1.807, 2.05) is 54.6 Å². The van der Waals surface area contributed by atoms with Crippen LogP contribution in [0.1, 0.15) is 51.9 Å². The Morgan fingerprint density at radius 3 is 2.14 bits per heavy atom. The molecular weight excluding hydrogens is 586 g/mol. The fourth-order valence-corrected chi connectivity index (χ4v) is 7.16. The molecule has 4 atom stereocenters. The first-order valence-corrected chi connectivity index (χ1v) is 16.3. The largest absolute Gasteiger partial charge is 0.478 e. The number of carboxylic acid groups (broad SMARTS) is 1. The van der Waals surface area contributed by atoms with Crippen LogP contribution in [0.4, 0.5) is 0 Å². The fourth-order valence-electron chi connectivity index (χ4n) is 4.90. The van der Waals surface area contributed by atoms with Gasteiger partial charge in [0.2, 0.25) is 10.0 Å². The molecule has 0 radical (unpaired) electrons. The zero-order valence-corrected chi connectivity index (χ0v) is 25.1. The predicted octanol–water partition coefficient (Wildman–Crippen LogP) is 5.94. The number of carboxylic acids is 1. The highest BCUT2D eigenvalue weighted by atomic mass is 32.2. The molecule has 0 amide bonds. The van der Waals surface area contributed by atoms with Crippen LogP contribution >= 0.6 is 11.8 Å². The molecule has 1 fully saturated rings. The van der Waals surface area contributed by atoms with Crippen molar-refractivity contribution in [3.05, 3.63) is 131 Å². The van der Waals surface area contributed by atoms with Crippen molar-refractivity contribution in [2.45, 2.75) is 48.4 Å². The minimum Gasteiger partial charge on any atom is -0.478 e. The van der Waals surface area contributed by atoms with E-state index in [1.54, 1.807) is 48.5 Å². The molecule has 3 N–H and O–H groups in total. The predicted molar refractivity (Wildman–Crippen MR) is 164 cm³/mol. The summed E-state index contributed by atoms with van der Waals surface area (Å²) in [5, 5.41) is 19.1. The molecule has 0 aromatic heterocycles. The second-order valence-corrected chi connectivity index (χ2v) is 13.1. The number of thioether (sulfide) groups is 1. The van der Waals surface area contributed by atoms with Gasteiger partial charge in [0.05, 0.1) is 29.3 Å². The number of hydrogen-bond donors (Lipinski definition) is 3. The highest BCUT2D eigenvalue weighted by molar-refractivity contribution is 7.99. The third kappa shape index (κ3) is 7.53. The summed E-state index contributed by atoms with van der Waals surface area (Å²) in [5.41, 5.74) is 3.56. The van der Waals surface area contributed by atoms with Crippen molar-refractivity contribution >= 4 is 27.8 Å². The molecule has 10 heteroatoms. The number of sulfonamides is 1.